The van der Waals surface area contributed by atoms with E-state index < -0.39 is 0 Å². The summed E-state index contributed by atoms with van der Waals surface area (Å²) in [4.78, 5) is 17.2. The summed E-state index contributed by atoms with van der Waals surface area (Å²) < 4.78 is 1.65. The van der Waals surface area contributed by atoms with E-state index in [0.717, 1.165) is 16.8 Å². The first-order valence-electron chi connectivity index (χ1n) is 6.57. The maximum Gasteiger partial charge on any atom is 0.266 e. The topological polar surface area (TPSA) is 62.5 Å². The van der Waals surface area contributed by atoms with Crippen LogP contribution in [0.15, 0.2) is 53.3 Å². The molecule has 20 heavy (non-hydrogen) atoms. The monoisotopic (exact) mass is 266 g/mol. The summed E-state index contributed by atoms with van der Waals surface area (Å²) in [6.45, 7) is 2.49. The first-order chi connectivity index (χ1) is 9.70. The predicted molar refractivity (Wildman–Crippen MR) is 78.7 cm³/mol. The van der Waals surface area contributed by atoms with Crippen LogP contribution >= 0.6 is 0 Å². The molecule has 0 bridgehead atoms. The molecule has 4 nitrogen and oxygen atoms in total. The fourth-order valence-electron chi connectivity index (χ4n) is 2.31. The van der Waals surface area contributed by atoms with Crippen molar-refractivity contribution in [3.63, 3.8) is 0 Å². The van der Waals surface area contributed by atoms with Crippen molar-refractivity contribution in [1.29, 1.82) is 0 Å². The molecule has 1 heterocycles. The van der Waals surface area contributed by atoms with E-state index in [-0.39, 0.29) is 5.56 Å². The highest BCUT2D eigenvalue weighted by molar-refractivity contribution is 5.77. The SMILES string of the molecule is Cc1ccc(-n2c(C[NH3+])nc3ccccc3c2=O)cc1. The van der Waals surface area contributed by atoms with Crippen LogP contribution in [-0.2, 0) is 6.54 Å². The van der Waals surface area contributed by atoms with Gasteiger partial charge in [0.05, 0.1) is 16.6 Å². The summed E-state index contributed by atoms with van der Waals surface area (Å²) in [5, 5.41) is 0.630. The van der Waals surface area contributed by atoms with Gasteiger partial charge < -0.3 is 5.73 Å². The van der Waals surface area contributed by atoms with Crippen molar-refractivity contribution in [1.82, 2.24) is 9.55 Å². The number of aromatic nitrogens is 2. The lowest BCUT2D eigenvalue weighted by Gasteiger charge is -2.11. The predicted octanol–water partition coefficient (Wildman–Crippen LogP) is 1.44. The minimum atomic E-state index is -0.0434. The Morgan fingerprint density at radius 1 is 1.10 bits per heavy atom. The van der Waals surface area contributed by atoms with Gasteiger partial charge in [0.15, 0.2) is 5.82 Å². The van der Waals surface area contributed by atoms with Crippen LogP contribution in [0.3, 0.4) is 0 Å². The van der Waals surface area contributed by atoms with Gasteiger partial charge in [-0.25, -0.2) is 4.98 Å². The van der Waals surface area contributed by atoms with Crippen molar-refractivity contribution < 1.29 is 5.73 Å². The van der Waals surface area contributed by atoms with Crippen molar-refractivity contribution >= 4 is 10.9 Å². The zero-order valence-electron chi connectivity index (χ0n) is 11.3. The molecule has 0 aliphatic rings. The van der Waals surface area contributed by atoms with Gasteiger partial charge in [-0.2, -0.15) is 0 Å². The Morgan fingerprint density at radius 2 is 1.80 bits per heavy atom. The molecule has 0 amide bonds. The largest absolute Gasteiger partial charge is 0.351 e. The van der Waals surface area contributed by atoms with Crippen LogP contribution in [0, 0.1) is 6.92 Å². The average Bonchev–Trinajstić information content (AvgIpc) is 2.48. The number of aryl methyl sites for hydroxylation is 1. The Balaban J connectivity index is 2.36. The molecule has 3 N–H and O–H groups in total. The first-order valence-corrected chi connectivity index (χ1v) is 6.57. The molecule has 100 valence electrons. The molecular formula is C16H16N3O+. The minimum absolute atomic E-state index is 0.0434. The quantitative estimate of drug-likeness (QED) is 0.762. The zero-order chi connectivity index (χ0) is 14.1. The van der Waals surface area contributed by atoms with Crippen molar-refractivity contribution in [2.45, 2.75) is 13.5 Å². The fourth-order valence-corrected chi connectivity index (χ4v) is 2.31. The summed E-state index contributed by atoms with van der Waals surface area (Å²) in [5.41, 5.74) is 6.55. The summed E-state index contributed by atoms with van der Waals surface area (Å²) in [5.74, 6) is 0.678. The Bertz CT molecular complexity index is 819. The average molecular weight is 266 g/mol. The van der Waals surface area contributed by atoms with Crippen LogP contribution in [0.2, 0.25) is 0 Å². The van der Waals surface area contributed by atoms with Crippen molar-refractivity contribution in [3.05, 3.63) is 70.3 Å². The third kappa shape index (κ3) is 2.00. The molecular weight excluding hydrogens is 250 g/mol. The van der Waals surface area contributed by atoms with Crippen LogP contribution in [-0.4, -0.2) is 9.55 Å². The highest BCUT2D eigenvalue weighted by Gasteiger charge is 2.12. The second kappa shape index (κ2) is 4.90. The number of para-hydroxylation sites is 1. The van der Waals surface area contributed by atoms with Gasteiger partial charge >= 0.3 is 0 Å². The maximum absolute atomic E-state index is 12.7. The maximum atomic E-state index is 12.7. The number of benzene rings is 2. The van der Waals surface area contributed by atoms with Crippen molar-refractivity contribution in [2.24, 2.45) is 0 Å². The van der Waals surface area contributed by atoms with Gasteiger partial charge in [0.2, 0.25) is 0 Å². The van der Waals surface area contributed by atoms with Crippen molar-refractivity contribution in [2.75, 3.05) is 0 Å². The van der Waals surface area contributed by atoms with Crippen molar-refractivity contribution in [3.8, 4) is 5.69 Å². The second-order valence-corrected chi connectivity index (χ2v) is 4.77. The fraction of sp³-hybridized carbons (Fsp3) is 0.125. The van der Waals surface area contributed by atoms with Gasteiger partial charge in [0.25, 0.3) is 5.56 Å². The standard InChI is InChI=1S/C16H15N3O/c1-11-6-8-12(9-7-11)19-15(10-17)18-14-5-3-2-4-13(14)16(19)20/h2-9H,10,17H2,1H3/p+1. The zero-order valence-corrected chi connectivity index (χ0v) is 11.3. The second-order valence-electron chi connectivity index (χ2n) is 4.77. The van der Waals surface area contributed by atoms with E-state index in [0.29, 0.717) is 17.8 Å². The van der Waals surface area contributed by atoms with Gasteiger partial charge in [-0.3, -0.25) is 9.36 Å². The van der Waals surface area contributed by atoms with Gasteiger partial charge in [0, 0.05) is 0 Å². The molecule has 1 aromatic heterocycles. The molecule has 0 aliphatic heterocycles. The first kappa shape index (κ1) is 12.6. The molecule has 0 radical (unpaired) electrons. The van der Waals surface area contributed by atoms with Gasteiger partial charge in [-0.15, -0.1) is 0 Å². The Labute approximate surface area is 116 Å². The molecule has 0 aliphatic carbocycles. The molecule has 0 atom stereocenters. The highest BCUT2D eigenvalue weighted by atomic mass is 16.1. The van der Waals surface area contributed by atoms with Crippen LogP contribution < -0.4 is 11.3 Å². The summed E-state index contributed by atoms with van der Waals surface area (Å²) in [7, 11) is 0. The van der Waals surface area contributed by atoms with E-state index in [1.54, 1.807) is 4.57 Å². The van der Waals surface area contributed by atoms with E-state index in [9.17, 15) is 4.79 Å². The van der Waals surface area contributed by atoms with Crippen LogP contribution in [0.5, 0.6) is 0 Å². The van der Waals surface area contributed by atoms with Crippen LogP contribution in [0.4, 0.5) is 0 Å². The van der Waals surface area contributed by atoms with Crippen LogP contribution in [0.1, 0.15) is 11.4 Å². The Hall–Kier alpha value is -2.46. The number of rotatable bonds is 2. The summed E-state index contributed by atoms with van der Waals surface area (Å²) in [6.07, 6.45) is 0. The number of hydrogen-bond acceptors (Lipinski definition) is 2. The van der Waals surface area contributed by atoms with E-state index >= 15 is 0 Å². The number of fused-ring (bicyclic) bond motifs is 1. The normalized spacial score (nSPS) is 10.9. The van der Waals surface area contributed by atoms with Gasteiger partial charge in [-0.05, 0) is 31.2 Å². The highest BCUT2D eigenvalue weighted by Crippen LogP contribution is 2.13. The molecule has 3 rings (SSSR count). The smallest absolute Gasteiger partial charge is 0.266 e. The molecule has 3 aromatic rings. The molecule has 0 unspecified atom stereocenters. The van der Waals surface area contributed by atoms with Crippen LogP contribution in [0.25, 0.3) is 16.6 Å². The molecule has 4 heteroatoms. The number of quaternary nitrogens is 1. The molecule has 2 aromatic carbocycles. The van der Waals surface area contributed by atoms with Gasteiger partial charge in [-0.1, -0.05) is 29.8 Å². The van der Waals surface area contributed by atoms with Gasteiger partial charge in [0.1, 0.15) is 6.54 Å². The Morgan fingerprint density at radius 3 is 2.50 bits per heavy atom. The number of nitrogens with zero attached hydrogens (tertiary/aromatic N) is 2. The third-order valence-corrected chi connectivity index (χ3v) is 3.36. The molecule has 0 saturated heterocycles. The third-order valence-electron chi connectivity index (χ3n) is 3.36. The molecule has 0 spiro atoms. The molecule has 0 fully saturated rings. The lowest BCUT2D eigenvalue weighted by molar-refractivity contribution is -0.388. The Kier molecular flexibility index (Phi) is 3.08. The lowest BCUT2D eigenvalue weighted by atomic mass is 10.2. The lowest BCUT2D eigenvalue weighted by Crippen LogP contribution is -2.49. The van der Waals surface area contributed by atoms with E-state index in [4.69, 9.17) is 0 Å². The van der Waals surface area contributed by atoms with E-state index in [1.165, 1.54) is 0 Å². The summed E-state index contributed by atoms with van der Waals surface area (Å²) >= 11 is 0. The number of hydrogen-bond donors (Lipinski definition) is 1. The van der Waals surface area contributed by atoms with E-state index in [2.05, 4.69) is 10.7 Å². The molecule has 0 saturated carbocycles. The van der Waals surface area contributed by atoms with E-state index in [1.807, 2.05) is 55.5 Å². The summed E-state index contributed by atoms with van der Waals surface area (Å²) in [6, 6.07) is 15.3. The minimum Gasteiger partial charge on any atom is -0.351 e.